The molecule has 9 aromatic rings. The molecule has 0 unspecified atom stereocenters. The monoisotopic (exact) mass is 630 g/mol. The molecule has 5 nitrogen and oxygen atoms in total. The fraction of sp³-hybridized carbons (Fsp3) is 0. The van der Waals surface area contributed by atoms with Gasteiger partial charge in [-0.1, -0.05) is 97.1 Å². The van der Waals surface area contributed by atoms with Gasteiger partial charge < -0.3 is 13.9 Å². The van der Waals surface area contributed by atoms with E-state index in [1.165, 1.54) is 21.8 Å². The molecule has 0 spiro atoms. The molecule has 0 aliphatic rings. The third-order valence-electron chi connectivity index (χ3n) is 8.98. The van der Waals surface area contributed by atoms with Crippen LogP contribution in [0.4, 0.5) is 17.1 Å². The van der Waals surface area contributed by atoms with Gasteiger partial charge in [0.05, 0.1) is 11.0 Å². The zero-order valence-electron chi connectivity index (χ0n) is 26.5. The lowest BCUT2D eigenvalue weighted by Gasteiger charge is -2.26. The zero-order valence-corrected chi connectivity index (χ0v) is 26.5. The lowest BCUT2D eigenvalue weighted by atomic mass is 10.0. The standard InChI is InChI=1S/C44H30N4O/c1-4-12-33(13-5-1)43-45-46-44(49-43)34-22-20-31(21-23-34)32-24-26-37(27-25-32)47(35-14-6-2-7-15-35)38-28-29-42-40(30-38)39-18-10-11-19-41(39)48(42)36-16-8-3-9-17-36/h1-30H. The van der Waals surface area contributed by atoms with Gasteiger partial charge >= 0.3 is 0 Å². The van der Waals surface area contributed by atoms with Crippen molar-refractivity contribution in [2.45, 2.75) is 0 Å². The number of nitrogens with zero attached hydrogens (tertiary/aromatic N) is 4. The zero-order chi connectivity index (χ0) is 32.6. The summed E-state index contributed by atoms with van der Waals surface area (Å²) >= 11 is 0. The van der Waals surface area contributed by atoms with Gasteiger partial charge in [0.25, 0.3) is 0 Å². The van der Waals surface area contributed by atoms with Crippen molar-refractivity contribution in [1.29, 1.82) is 0 Å². The first-order valence-electron chi connectivity index (χ1n) is 16.3. The Balaban J connectivity index is 1.06. The van der Waals surface area contributed by atoms with Gasteiger partial charge in [0.2, 0.25) is 11.8 Å². The number of anilines is 3. The minimum Gasteiger partial charge on any atom is -0.416 e. The SMILES string of the molecule is c1ccc(-c2nnc(-c3ccc(-c4ccc(N(c5ccccc5)c5ccc6c(c5)c5ccccc5n6-c5ccccc5)cc4)cc3)o2)cc1. The van der Waals surface area contributed by atoms with Gasteiger partial charge in [-0.3, -0.25) is 0 Å². The van der Waals surface area contributed by atoms with Crippen molar-refractivity contribution in [3.05, 3.63) is 182 Å². The molecular formula is C44H30N4O. The molecule has 0 bridgehead atoms. The molecule has 2 aromatic heterocycles. The summed E-state index contributed by atoms with van der Waals surface area (Å²) in [5.41, 5.74) is 10.8. The largest absolute Gasteiger partial charge is 0.416 e. The Labute approximate surface area is 284 Å². The van der Waals surface area contributed by atoms with E-state index in [0.29, 0.717) is 11.8 Å². The van der Waals surface area contributed by atoms with Gasteiger partial charge in [0.15, 0.2) is 0 Å². The fourth-order valence-corrected chi connectivity index (χ4v) is 6.62. The van der Waals surface area contributed by atoms with Crippen molar-refractivity contribution < 1.29 is 4.42 Å². The van der Waals surface area contributed by atoms with E-state index in [1.54, 1.807) is 0 Å². The van der Waals surface area contributed by atoms with Gasteiger partial charge in [-0.2, -0.15) is 0 Å². The number of para-hydroxylation sites is 3. The average molecular weight is 631 g/mol. The Kier molecular flexibility index (Phi) is 7.06. The van der Waals surface area contributed by atoms with Crippen LogP contribution in [-0.4, -0.2) is 14.8 Å². The molecule has 0 aliphatic heterocycles. The number of hydrogen-bond acceptors (Lipinski definition) is 4. The molecule has 0 amide bonds. The van der Waals surface area contributed by atoms with E-state index in [4.69, 9.17) is 4.42 Å². The van der Waals surface area contributed by atoms with E-state index < -0.39 is 0 Å². The number of aromatic nitrogens is 3. The minimum absolute atomic E-state index is 0.503. The lowest BCUT2D eigenvalue weighted by Crippen LogP contribution is -2.09. The van der Waals surface area contributed by atoms with Crippen molar-refractivity contribution >= 4 is 38.9 Å². The number of benzene rings is 7. The van der Waals surface area contributed by atoms with Gasteiger partial charge in [-0.25, -0.2) is 0 Å². The molecule has 0 saturated carbocycles. The van der Waals surface area contributed by atoms with Crippen LogP contribution >= 0.6 is 0 Å². The molecule has 0 fully saturated rings. The van der Waals surface area contributed by atoms with E-state index in [2.05, 4.69) is 159 Å². The molecule has 0 radical (unpaired) electrons. The molecule has 0 N–H and O–H groups in total. The van der Waals surface area contributed by atoms with Crippen LogP contribution < -0.4 is 4.90 Å². The summed E-state index contributed by atoms with van der Waals surface area (Å²) in [6.07, 6.45) is 0. The maximum Gasteiger partial charge on any atom is 0.248 e. The van der Waals surface area contributed by atoms with Gasteiger partial charge in [0, 0.05) is 44.6 Å². The third kappa shape index (κ3) is 5.24. The molecule has 49 heavy (non-hydrogen) atoms. The quantitative estimate of drug-likeness (QED) is 0.176. The molecule has 7 aromatic carbocycles. The highest BCUT2D eigenvalue weighted by atomic mass is 16.4. The van der Waals surface area contributed by atoms with Crippen molar-refractivity contribution in [3.8, 4) is 39.7 Å². The molecule has 5 heteroatoms. The number of rotatable bonds is 7. The smallest absolute Gasteiger partial charge is 0.248 e. The highest BCUT2D eigenvalue weighted by Gasteiger charge is 2.17. The maximum atomic E-state index is 5.97. The summed E-state index contributed by atoms with van der Waals surface area (Å²) in [5, 5.41) is 11.0. The molecule has 0 aliphatic carbocycles. The second-order valence-corrected chi connectivity index (χ2v) is 12.0. The molecule has 0 saturated heterocycles. The first kappa shape index (κ1) is 28.5. The van der Waals surface area contributed by atoms with Crippen LogP contribution in [-0.2, 0) is 0 Å². The van der Waals surface area contributed by atoms with E-state index in [-0.39, 0.29) is 0 Å². The third-order valence-corrected chi connectivity index (χ3v) is 8.98. The van der Waals surface area contributed by atoms with E-state index in [1.807, 2.05) is 42.5 Å². The van der Waals surface area contributed by atoms with Crippen LogP contribution in [0.3, 0.4) is 0 Å². The van der Waals surface area contributed by atoms with Crippen molar-refractivity contribution in [3.63, 3.8) is 0 Å². The molecule has 2 heterocycles. The Morgan fingerprint density at radius 1 is 0.388 bits per heavy atom. The summed E-state index contributed by atoms with van der Waals surface area (Å²) in [7, 11) is 0. The lowest BCUT2D eigenvalue weighted by molar-refractivity contribution is 0.584. The maximum absolute atomic E-state index is 5.97. The Hall–Kier alpha value is -6.72. The Morgan fingerprint density at radius 2 is 0.878 bits per heavy atom. The highest BCUT2D eigenvalue weighted by molar-refractivity contribution is 6.10. The normalized spacial score (nSPS) is 11.3. The van der Waals surface area contributed by atoms with Crippen LogP contribution in [0.1, 0.15) is 0 Å². The predicted molar refractivity (Wildman–Crippen MR) is 200 cm³/mol. The topological polar surface area (TPSA) is 47.1 Å². The van der Waals surface area contributed by atoms with Crippen molar-refractivity contribution in [1.82, 2.24) is 14.8 Å². The van der Waals surface area contributed by atoms with Crippen LogP contribution in [0.25, 0.3) is 61.5 Å². The molecule has 0 atom stereocenters. The van der Waals surface area contributed by atoms with Crippen LogP contribution in [0.2, 0.25) is 0 Å². The molecular weight excluding hydrogens is 601 g/mol. The highest BCUT2D eigenvalue weighted by Crippen LogP contribution is 2.40. The van der Waals surface area contributed by atoms with Crippen molar-refractivity contribution in [2.24, 2.45) is 0 Å². The second kappa shape index (κ2) is 12.1. The van der Waals surface area contributed by atoms with Crippen LogP contribution in [0, 0.1) is 0 Å². The summed E-state index contributed by atoms with van der Waals surface area (Å²) < 4.78 is 8.32. The summed E-state index contributed by atoms with van der Waals surface area (Å²) in [6, 6.07) is 63.4. The first-order chi connectivity index (χ1) is 24.3. The van der Waals surface area contributed by atoms with Crippen LogP contribution in [0.5, 0.6) is 0 Å². The molecule has 9 rings (SSSR count). The van der Waals surface area contributed by atoms with E-state index in [0.717, 1.165) is 45.0 Å². The molecule has 232 valence electrons. The fourth-order valence-electron chi connectivity index (χ4n) is 6.62. The first-order valence-corrected chi connectivity index (χ1v) is 16.3. The summed E-state index contributed by atoms with van der Waals surface area (Å²) in [5.74, 6) is 1.02. The Morgan fingerprint density at radius 3 is 1.57 bits per heavy atom. The minimum atomic E-state index is 0.503. The van der Waals surface area contributed by atoms with Gasteiger partial charge in [0.1, 0.15) is 0 Å². The number of hydrogen-bond donors (Lipinski definition) is 0. The van der Waals surface area contributed by atoms with Crippen LogP contribution in [0.15, 0.2) is 186 Å². The van der Waals surface area contributed by atoms with Crippen molar-refractivity contribution in [2.75, 3.05) is 4.90 Å². The summed E-state index contributed by atoms with van der Waals surface area (Å²) in [4.78, 5) is 2.32. The summed E-state index contributed by atoms with van der Waals surface area (Å²) in [6.45, 7) is 0. The van der Waals surface area contributed by atoms with Gasteiger partial charge in [-0.15, -0.1) is 10.2 Å². The second-order valence-electron chi connectivity index (χ2n) is 12.0. The van der Waals surface area contributed by atoms with E-state index >= 15 is 0 Å². The van der Waals surface area contributed by atoms with E-state index in [9.17, 15) is 0 Å². The van der Waals surface area contributed by atoms with Gasteiger partial charge in [-0.05, 0) is 96.1 Å². The Bertz CT molecular complexity index is 2520. The average Bonchev–Trinajstić information content (AvgIpc) is 3.80. The number of fused-ring (bicyclic) bond motifs is 3. The predicted octanol–water partition coefficient (Wildman–Crippen LogP) is 11.6.